The quantitative estimate of drug-likeness (QED) is 0.928. The van der Waals surface area contributed by atoms with Gasteiger partial charge in [0.1, 0.15) is 0 Å². The molecule has 5 heteroatoms. The van der Waals surface area contributed by atoms with Gasteiger partial charge in [0.2, 0.25) is 5.91 Å². The van der Waals surface area contributed by atoms with E-state index >= 15 is 0 Å². The van der Waals surface area contributed by atoms with Crippen molar-refractivity contribution in [2.75, 3.05) is 13.1 Å². The van der Waals surface area contributed by atoms with Gasteiger partial charge in [-0.1, -0.05) is 13.0 Å². The monoisotopic (exact) mass is 343 g/mol. The van der Waals surface area contributed by atoms with Crippen molar-refractivity contribution < 1.29 is 4.79 Å². The number of hydrogen-bond donors (Lipinski definition) is 1. The van der Waals surface area contributed by atoms with E-state index in [2.05, 4.69) is 46.6 Å². The summed E-state index contributed by atoms with van der Waals surface area (Å²) >= 11 is 1.55. The number of fused-ring (bicyclic) bond motifs is 4. The Labute approximate surface area is 147 Å². The minimum atomic E-state index is 0.154. The van der Waals surface area contributed by atoms with Gasteiger partial charge in [-0.2, -0.15) is 4.37 Å². The summed E-state index contributed by atoms with van der Waals surface area (Å²) in [7, 11) is 0. The predicted molar refractivity (Wildman–Crippen MR) is 98.4 cm³/mol. The molecule has 0 unspecified atom stereocenters. The van der Waals surface area contributed by atoms with Crippen molar-refractivity contribution in [3.05, 3.63) is 29.5 Å². The molecule has 4 nitrogen and oxygen atoms in total. The fourth-order valence-corrected chi connectivity index (χ4v) is 5.21. The molecule has 24 heavy (non-hydrogen) atoms. The first kappa shape index (κ1) is 16.0. The fraction of sp³-hybridized carbons (Fsp3) is 0.579. The Kier molecular flexibility index (Phi) is 4.31. The number of amides is 1. The topological polar surface area (TPSA) is 45.2 Å². The molecule has 3 fully saturated rings. The summed E-state index contributed by atoms with van der Waals surface area (Å²) in [5.74, 6) is 0.811. The molecule has 1 aromatic heterocycles. The van der Waals surface area contributed by atoms with Crippen LogP contribution in [0.25, 0.3) is 10.1 Å². The highest BCUT2D eigenvalue weighted by Gasteiger charge is 2.40. The smallest absolute Gasteiger partial charge is 0.224 e. The summed E-state index contributed by atoms with van der Waals surface area (Å²) < 4.78 is 5.71. The van der Waals surface area contributed by atoms with Crippen LogP contribution in [0, 0.1) is 5.92 Å². The molecule has 0 saturated carbocycles. The van der Waals surface area contributed by atoms with E-state index < -0.39 is 0 Å². The Bertz CT molecular complexity index is 746. The Morgan fingerprint density at radius 1 is 1.38 bits per heavy atom. The molecule has 2 atom stereocenters. The van der Waals surface area contributed by atoms with E-state index in [0.29, 0.717) is 24.4 Å². The number of carbonyl (C=O) groups is 1. The highest BCUT2D eigenvalue weighted by Crippen LogP contribution is 2.32. The largest absolute Gasteiger partial charge is 0.351 e. The van der Waals surface area contributed by atoms with Crippen molar-refractivity contribution in [2.45, 2.75) is 51.6 Å². The molecule has 2 aromatic rings. The van der Waals surface area contributed by atoms with Gasteiger partial charge in [-0.15, -0.1) is 0 Å². The molecule has 3 saturated heterocycles. The zero-order valence-electron chi connectivity index (χ0n) is 14.4. The molecule has 0 spiro atoms. The Balaban J connectivity index is 1.46. The number of nitrogens with one attached hydrogen (secondary N) is 1. The third-order valence-electron chi connectivity index (χ3n) is 5.81. The molecule has 1 aromatic carbocycles. The van der Waals surface area contributed by atoms with Crippen molar-refractivity contribution >= 4 is 27.5 Å². The molecule has 3 aliphatic heterocycles. The van der Waals surface area contributed by atoms with Crippen LogP contribution in [0.4, 0.5) is 0 Å². The SMILES string of the molecule is CCc1nsc2ccc(CC(=O)N[C@@H]3C4CCN(CC4)[C@@H]3C)cc12. The molecule has 3 aliphatic rings. The molecule has 0 aliphatic carbocycles. The van der Waals surface area contributed by atoms with Crippen LogP contribution in [0.3, 0.4) is 0 Å². The number of rotatable bonds is 4. The van der Waals surface area contributed by atoms with Crippen LogP contribution < -0.4 is 5.32 Å². The third kappa shape index (κ3) is 2.84. The average Bonchev–Trinajstić information content (AvgIpc) is 3.01. The van der Waals surface area contributed by atoms with Crippen molar-refractivity contribution in [3.63, 3.8) is 0 Å². The molecule has 2 bridgehead atoms. The van der Waals surface area contributed by atoms with Crippen LogP contribution in [0.1, 0.15) is 37.9 Å². The van der Waals surface area contributed by atoms with Gasteiger partial charge < -0.3 is 5.32 Å². The number of benzene rings is 1. The standard InChI is InChI=1S/C19H25N3OS/c1-3-16-15-10-13(4-5-17(15)24-21-16)11-18(23)20-19-12(2)22-8-6-14(19)7-9-22/h4-5,10,12,14,19H,3,6-9,11H2,1-2H3,(H,20,23)/t12-,19+/m1/s1. The van der Waals surface area contributed by atoms with Crippen LogP contribution in [0.5, 0.6) is 0 Å². The van der Waals surface area contributed by atoms with Gasteiger partial charge in [-0.25, -0.2) is 0 Å². The zero-order chi connectivity index (χ0) is 16.7. The van der Waals surface area contributed by atoms with Gasteiger partial charge in [-0.05, 0) is 74.4 Å². The van der Waals surface area contributed by atoms with Crippen LogP contribution >= 0.6 is 11.5 Å². The summed E-state index contributed by atoms with van der Waals surface area (Å²) in [6, 6.07) is 7.11. The molecule has 1 amide bonds. The van der Waals surface area contributed by atoms with Gasteiger partial charge in [0, 0.05) is 17.5 Å². The highest BCUT2D eigenvalue weighted by molar-refractivity contribution is 7.13. The Hall–Kier alpha value is -1.46. The second-order valence-electron chi connectivity index (χ2n) is 7.20. The lowest BCUT2D eigenvalue weighted by molar-refractivity contribution is -0.123. The lowest BCUT2D eigenvalue weighted by Gasteiger charge is -2.50. The summed E-state index contributed by atoms with van der Waals surface area (Å²) in [6.07, 6.45) is 3.85. The van der Waals surface area contributed by atoms with Crippen molar-refractivity contribution in [1.29, 1.82) is 0 Å². The van der Waals surface area contributed by atoms with Crippen LogP contribution in [-0.2, 0) is 17.6 Å². The second-order valence-corrected chi connectivity index (χ2v) is 8.00. The highest BCUT2D eigenvalue weighted by atomic mass is 32.1. The van der Waals surface area contributed by atoms with E-state index in [1.807, 2.05) is 0 Å². The van der Waals surface area contributed by atoms with Crippen molar-refractivity contribution in [3.8, 4) is 0 Å². The molecular formula is C19H25N3OS. The molecule has 0 radical (unpaired) electrons. The molecular weight excluding hydrogens is 318 g/mol. The number of carbonyl (C=O) groups excluding carboxylic acids is 1. The number of piperidine rings is 3. The zero-order valence-corrected chi connectivity index (χ0v) is 15.2. The summed E-state index contributed by atoms with van der Waals surface area (Å²) in [5, 5.41) is 4.54. The van der Waals surface area contributed by atoms with Crippen LogP contribution in [0.2, 0.25) is 0 Å². The molecule has 128 valence electrons. The maximum Gasteiger partial charge on any atom is 0.224 e. The van der Waals surface area contributed by atoms with Gasteiger partial charge in [0.05, 0.1) is 16.8 Å². The van der Waals surface area contributed by atoms with E-state index in [1.165, 1.54) is 36.0 Å². The normalized spacial score (nSPS) is 29.1. The minimum absolute atomic E-state index is 0.154. The van der Waals surface area contributed by atoms with Gasteiger partial charge >= 0.3 is 0 Å². The molecule has 4 heterocycles. The summed E-state index contributed by atoms with van der Waals surface area (Å²) in [5.41, 5.74) is 2.23. The van der Waals surface area contributed by atoms with E-state index in [4.69, 9.17) is 0 Å². The molecule has 5 rings (SSSR count). The number of nitrogens with zero attached hydrogens (tertiary/aromatic N) is 2. The first-order valence-electron chi connectivity index (χ1n) is 9.06. The lowest BCUT2D eigenvalue weighted by Crippen LogP contribution is -2.62. The minimum Gasteiger partial charge on any atom is -0.351 e. The fourth-order valence-electron chi connectivity index (χ4n) is 4.37. The van der Waals surface area contributed by atoms with E-state index in [9.17, 15) is 4.79 Å². The second kappa shape index (κ2) is 6.45. The van der Waals surface area contributed by atoms with Crippen LogP contribution in [0.15, 0.2) is 18.2 Å². The summed E-state index contributed by atoms with van der Waals surface area (Å²) in [4.78, 5) is 15.1. The Morgan fingerprint density at radius 2 is 2.17 bits per heavy atom. The van der Waals surface area contributed by atoms with Crippen molar-refractivity contribution in [1.82, 2.24) is 14.6 Å². The number of hydrogen-bond acceptors (Lipinski definition) is 4. The average molecular weight is 343 g/mol. The van der Waals surface area contributed by atoms with Crippen molar-refractivity contribution in [2.24, 2.45) is 5.92 Å². The number of aromatic nitrogens is 1. The third-order valence-corrected chi connectivity index (χ3v) is 6.68. The molecule has 1 N–H and O–H groups in total. The van der Waals surface area contributed by atoms with Gasteiger partial charge in [0.15, 0.2) is 0 Å². The van der Waals surface area contributed by atoms with E-state index in [0.717, 1.165) is 17.7 Å². The van der Waals surface area contributed by atoms with Gasteiger partial charge in [-0.3, -0.25) is 9.69 Å². The van der Waals surface area contributed by atoms with E-state index in [1.54, 1.807) is 11.5 Å². The van der Waals surface area contributed by atoms with Gasteiger partial charge in [0.25, 0.3) is 0 Å². The Morgan fingerprint density at radius 3 is 2.88 bits per heavy atom. The van der Waals surface area contributed by atoms with E-state index in [-0.39, 0.29) is 5.91 Å². The predicted octanol–water partition coefficient (Wildman–Crippen LogP) is 3.00. The van der Waals surface area contributed by atoms with Crippen LogP contribution in [-0.4, -0.2) is 40.4 Å². The first-order valence-corrected chi connectivity index (χ1v) is 9.83. The maximum absolute atomic E-state index is 12.6. The summed E-state index contributed by atoms with van der Waals surface area (Å²) in [6.45, 7) is 6.77. The number of aryl methyl sites for hydroxylation is 1. The maximum atomic E-state index is 12.6. The lowest BCUT2D eigenvalue weighted by atomic mass is 9.79. The first-order chi connectivity index (χ1) is 11.7.